The molecule has 0 saturated carbocycles. The van der Waals surface area contributed by atoms with Gasteiger partial charge in [-0.1, -0.05) is 97.9 Å². The zero-order chi connectivity index (χ0) is 24.8. The number of tetrazole rings is 1. The molecule has 0 radical (unpaired) electrons. The van der Waals surface area contributed by atoms with Gasteiger partial charge in [-0.3, -0.25) is 0 Å². The van der Waals surface area contributed by atoms with E-state index in [2.05, 4.69) is 118 Å². The zero-order valence-electron chi connectivity index (χ0n) is 21.1. The van der Waals surface area contributed by atoms with Crippen molar-refractivity contribution >= 4 is 0 Å². The van der Waals surface area contributed by atoms with Gasteiger partial charge >= 0.3 is 0 Å². The minimum absolute atomic E-state index is 0.0400. The Morgan fingerprint density at radius 1 is 0.806 bits per heavy atom. The summed E-state index contributed by atoms with van der Waals surface area (Å²) in [6.07, 6.45) is 3.02. The molecule has 186 valence electrons. The van der Waals surface area contributed by atoms with Gasteiger partial charge in [-0.2, -0.15) is 0 Å². The maximum Gasteiger partial charge on any atom is 0.161 e. The second kappa shape index (κ2) is 10.7. The lowest BCUT2D eigenvalue weighted by Gasteiger charge is -2.42. The third-order valence-electron chi connectivity index (χ3n) is 8.09. The van der Waals surface area contributed by atoms with Crippen LogP contribution < -0.4 is 5.73 Å². The van der Waals surface area contributed by atoms with Crippen LogP contribution in [0.15, 0.2) is 91.0 Å². The Bertz CT molecular complexity index is 1170. The molecule has 36 heavy (non-hydrogen) atoms. The number of nitrogens with two attached hydrogens (primary N) is 1. The molecule has 3 aromatic carbocycles. The summed E-state index contributed by atoms with van der Waals surface area (Å²) in [7, 11) is 0. The lowest BCUT2D eigenvalue weighted by Crippen LogP contribution is -2.46. The highest BCUT2D eigenvalue weighted by molar-refractivity contribution is 5.38. The van der Waals surface area contributed by atoms with Crippen molar-refractivity contribution in [2.75, 3.05) is 26.2 Å². The van der Waals surface area contributed by atoms with Gasteiger partial charge in [0.1, 0.15) is 0 Å². The van der Waals surface area contributed by atoms with Crippen molar-refractivity contribution < 1.29 is 0 Å². The SMILES string of the molecule is CC(CCN1CCC(c2ccccc2)(c2nnnn2CCN)CC1)(c1ccccc1)c1ccccc1. The van der Waals surface area contributed by atoms with Crippen LogP contribution in [0.4, 0.5) is 0 Å². The molecular weight excluding hydrogens is 444 g/mol. The van der Waals surface area contributed by atoms with Crippen molar-refractivity contribution in [2.45, 2.75) is 43.6 Å². The molecule has 0 aliphatic carbocycles. The monoisotopic (exact) mass is 480 g/mol. The number of likely N-dealkylation sites (tertiary alicyclic amines) is 1. The molecule has 5 rings (SSSR count). The van der Waals surface area contributed by atoms with E-state index in [0.717, 1.165) is 44.7 Å². The third-order valence-corrected chi connectivity index (χ3v) is 8.09. The standard InChI is InChI=1S/C30H36N6/c1-29(25-11-5-2-6-12-25,26-13-7-3-8-14-26)17-21-35-22-18-30(19-23-35,27-15-9-4-10-16-27)28-32-33-34-36(28)24-20-31/h2-16H,17-24,31H2,1H3. The molecule has 1 aliphatic heterocycles. The molecule has 0 atom stereocenters. The molecule has 2 N–H and O–H groups in total. The maximum atomic E-state index is 5.87. The van der Waals surface area contributed by atoms with E-state index in [0.29, 0.717) is 13.1 Å². The second-order valence-corrected chi connectivity index (χ2v) is 10.1. The number of benzene rings is 3. The number of rotatable bonds is 9. The van der Waals surface area contributed by atoms with E-state index in [1.165, 1.54) is 16.7 Å². The van der Waals surface area contributed by atoms with Crippen molar-refractivity contribution in [3.8, 4) is 0 Å². The van der Waals surface area contributed by atoms with Crippen molar-refractivity contribution in [1.29, 1.82) is 0 Å². The molecule has 0 amide bonds. The quantitative estimate of drug-likeness (QED) is 0.384. The van der Waals surface area contributed by atoms with Gasteiger partial charge in [0.2, 0.25) is 0 Å². The summed E-state index contributed by atoms with van der Waals surface area (Å²) in [5.41, 5.74) is 9.66. The molecule has 6 nitrogen and oxygen atoms in total. The molecule has 0 spiro atoms. The average Bonchev–Trinajstić information content (AvgIpc) is 3.42. The highest BCUT2D eigenvalue weighted by atomic mass is 15.5. The Kier molecular flexibility index (Phi) is 7.25. The molecule has 6 heteroatoms. The van der Waals surface area contributed by atoms with E-state index in [9.17, 15) is 0 Å². The van der Waals surface area contributed by atoms with Crippen LogP contribution in [-0.2, 0) is 17.4 Å². The summed E-state index contributed by atoms with van der Waals surface area (Å²) in [5, 5.41) is 12.8. The zero-order valence-corrected chi connectivity index (χ0v) is 21.1. The molecule has 1 saturated heterocycles. The van der Waals surface area contributed by atoms with Gasteiger partial charge in [-0.25, -0.2) is 4.68 Å². The first kappa shape index (κ1) is 24.3. The van der Waals surface area contributed by atoms with Gasteiger partial charge in [-0.05, 0) is 66.0 Å². The van der Waals surface area contributed by atoms with Crippen LogP contribution in [0.1, 0.15) is 48.7 Å². The summed E-state index contributed by atoms with van der Waals surface area (Å²) in [4.78, 5) is 2.61. The number of piperidine rings is 1. The Morgan fingerprint density at radius 3 is 1.92 bits per heavy atom. The van der Waals surface area contributed by atoms with E-state index in [-0.39, 0.29) is 10.8 Å². The van der Waals surface area contributed by atoms with Crippen LogP contribution in [0.3, 0.4) is 0 Å². The molecular formula is C30H36N6. The predicted octanol–water partition coefficient (Wildman–Crippen LogP) is 4.41. The van der Waals surface area contributed by atoms with Crippen molar-refractivity contribution in [3.05, 3.63) is 114 Å². The largest absolute Gasteiger partial charge is 0.329 e. The van der Waals surface area contributed by atoms with E-state index in [1.807, 2.05) is 4.68 Å². The van der Waals surface area contributed by atoms with Crippen LogP contribution in [0, 0.1) is 0 Å². The van der Waals surface area contributed by atoms with Gasteiger partial charge in [0.05, 0.1) is 12.0 Å². The predicted molar refractivity (Wildman–Crippen MR) is 144 cm³/mol. The summed E-state index contributed by atoms with van der Waals surface area (Å²) >= 11 is 0. The van der Waals surface area contributed by atoms with Gasteiger partial charge in [0.25, 0.3) is 0 Å². The Balaban J connectivity index is 1.36. The Labute approximate surface area is 214 Å². The summed E-state index contributed by atoms with van der Waals surface area (Å²) in [5.74, 6) is 0.942. The second-order valence-electron chi connectivity index (χ2n) is 10.1. The van der Waals surface area contributed by atoms with Gasteiger partial charge in [-0.15, -0.1) is 5.10 Å². The molecule has 4 aromatic rings. The average molecular weight is 481 g/mol. The number of hydrogen-bond acceptors (Lipinski definition) is 5. The Morgan fingerprint density at radius 2 is 1.36 bits per heavy atom. The van der Waals surface area contributed by atoms with Crippen molar-refractivity contribution in [1.82, 2.24) is 25.1 Å². The minimum Gasteiger partial charge on any atom is -0.329 e. The molecule has 1 fully saturated rings. The summed E-state index contributed by atoms with van der Waals surface area (Å²) in [6, 6.07) is 32.6. The molecule has 0 unspecified atom stereocenters. The lowest BCUT2D eigenvalue weighted by molar-refractivity contribution is 0.162. The van der Waals surface area contributed by atoms with Gasteiger partial charge in [0, 0.05) is 12.0 Å². The smallest absolute Gasteiger partial charge is 0.161 e. The topological polar surface area (TPSA) is 72.9 Å². The third kappa shape index (κ3) is 4.71. The molecule has 1 aromatic heterocycles. The fourth-order valence-corrected chi connectivity index (χ4v) is 5.83. The number of hydrogen-bond donors (Lipinski definition) is 1. The van der Waals surface area contributed by atoms with Gasteiger partial charge < -0.3 is 10.6 Å². The fourth-order valence-electron chi connectivity index (χ4n) is 5.83. The molecule has 1 aliphatic rings. The minimum atomic E-state index is -0.196. The van der Waals surface area contributed by atoms with Crippen LogP contribution in [-0.4, -0.2) is 51.3 Å². The van der Waals surface area contributed by atoms with Crippen LogP contribution in [0.2, 0.25) is 0 Å². The van der Waals surface area contributed by atoms with E-state index >= 15 is 0 Å². The van der Waals surface area contributed by atoms with Crippen LogP contribution >= 0.6 is 0 Å². The van der Waals surface area contributed by atoms with E-state index in [1.54, 1.807) is 0 Å². The van der Waals surface area contributed by atoms with Crippen LogP contribution in [0.25, 0.3) is 0 Å². The summed E-state index contributed by atoms with van der Waals surface area (Å²) in [6.45, 7) is 6.59. The molecule has 2 heterocycles. The number of nitrogens with zero attached hydrogens (tertiary/aromatic N) is 5. The van der Waals surface area contributed by atoms with Crippen LogP contribution in [0.5, 0.6) is 0 Å². The normalized spacial score (nSPS) is 16.2. The number of aromatic nitrogens is 4. The first-order valence-electron chi connectivity index (χ1n) is 13.0. The van der Waals surface area contributed by atoms with Crippen molar-refractivity contribution in [3.63, 3.8) is 0 Å². The first-order chi connectivity index (χ1) is 17.7. The summed E-state index contributed by atoms with van der Waals surface area (Å²) < 4.78 is 1.91. The van der Waals surface area contributed by atoms with Gasteiger partial charge in [0.15, 0.2) is 5.82 Å². The van der Waals surface area contributed by atoms with Crippen molar-refractivity contribution in [2.24, 2.45) is 5.73 Å². The maximum absolute atomic E-state index is 5.87. The Hall–Kier alpha value is -3.35. The van der Waals surface area contributed by atoms with E-state index in [4.69, 9.17) is 5.73 Å². The first-order valence-corrected chi connectivity index (χ1v) is 13.0. The highest BCUT2D eigenvalue weighted by Gasteiger charge is 2.42. The lowest BCUT2D eigenvalue weighted by atomic mass is 9.71. The fraction of sp³-hybridized carbons (Fsp3) is 0.367. The highest BCUT2D eigenvalue weighted by Crippen LogP contribution is 2.41. The molecule has 0 bridgehead atoms. The van der Waals surface area contributed by atoms with E-state index < -0.39 is 0 Å².